The van der Waals surface area contributed by atoms with Crippen LogP contribution in [-0.4, -0.2) is 59.8 Å². The van der Waals surface area contributed by atoms with Crippen LogP contribution in [0.15, 0.2) is 59.9 Å². The Morgan fingerprint density at radius 1 is 1.07 bits per heavy atom. The number of aryl methyl sites for hydroxylation is 1. The van der Waals surface area contributed by atoms with Crippen LogP contribution >= 0.6 is 11.5 Å². The largest absolute Gasteiger partial charge is 0.497 e. The van der Waals surface area contributed by atoms with Gasteiger partial charge in [0.1, 0.15) is 23.6 Å². The number of nitrogens with zero attached hydrogens (tertiary/aromatic N) is 6. The Hall–Kier alpha value is -3.68. The van der Waals surface area contributed by atoms with E-state index in [9.17, 15) is 8.42 Å². The van der Waals surface area contributed by atoms with Crippen LogP contribution in [0, 0.1) is 0 Å². The molecule has 11 nitrogen and oxygen atoms in total. The fourth-order valence-corrected chi connectivity index (χ4v) is 8.15. The normalized spacial score (nSPS) is 19.1. The standard InChI is InChI=1S/C29H34N6O5S2/c1-33-25(11-13-31-33)26-6-4-5-14-34(26)24-12-15-40-28-17-22(9-10-23(24)28)42(36,37)35(29-30-19-32-41-29)18-20-7-8-21(38-2)16-27(20)39-3/h7-11,13,16-17,19,24,26H,4-6,12,14-15,18H2,1-3H3/t24-,26?/m0/s1. The number of fused-ring (bicyclic) bond motifs is 1. The summed E-state index contributed by atoms with van der Waals surface area (Å²) in [4.78, 5) is 6.91. The van der Waals surface area contributed by atoms with Crippen LogP contribution in [0.3, 0.4) is 0 Å². The lowest BCUT2D eigenvalue weighted by Crippen LogP contribution is -2.39. The molecule has 0 radical (unpaired) electrons. The average molecular weight is 611 g/mol. The second-order valence-electron chi connectivity index (χ2n) is 10.4. The van der Waals surface area contributed by atoms with Crippen molar-refractivity contribution in [3.8, 4) is 17.2 Å². The molecule has 222 valence electrons. The predicted octanol–water partition coefficient (Wildman–Crippen LogP) is 4.74. The van der Waals surface area contributed by atoms with E-state index >= 15 is 0 Å². The first-order chi connectivity index (χ1) is 20.4. The van der Waals surface area contributed by atoms with E-state index < -0.39 is 10.0 Å². The SMILES string of the molecule is COc1ccc(CN(c2ncns2)S(=O)(=O)c2ccc3c(c2)OCC[C@@H]3N2CCCCC2c2ccnn2C)c(OC)c1. The third-order valence-electron chi connectivity index (χ3n) is 8.10. The summed E-state index contributed by atoms with van der Waals surface area (Å²) in [6.45, 7) is 1.48. The summed E-state index contributed by atoms with van der Waals surface area (Å²) >= 11 is 1.02. The van der Waals surface area contributed by atoms with Gasteiger partial charge in [-0.2, -0.15) is 9.47 Å². The Labute approximate surface area is 249 Å². The highest BCUT2D eigenvalue weighted by molar-refractivity contribution is 7.93. The highest BCUT2D eigenvalue weighted by Gasteiger charge is 2.36. The van der Waals surface area contributed by atoms with Gasteiger partial charge in [0.2, 0.25) is 5.13 Å². The van der Waals surface area contributed by atoms with Gasteiger partial charge in [0.25, 0.3) is 10.0 Å². The molecule has 4 aromatic rings. The van der Waals surface area contributed by atoms with E-state index in [1.165, 1.54) is 22.7 Å². The number of rotatable bonds is 9. The molecule has 0 bridgehead atoms. The van der Waals surface area contributed by atoms with Crippen LogP contribution in [-0.2, 0) is 23.6 Å². The van der Waals surface area contributed by atoms with Gasteiger partial charge in [-0.3, -0.25) is 9.58 Å². The van der Waals surface area contributed by atoms with Gasteiger partial charge in [-0.15, -0.1) is 0 Å². The molecule has 2 aliphatic rings. The molecule has 6 rings (SSSR count). The molecule has 42 heavy (non-hydrogen) atoms. The van der Waals surface area contributed by atoms with E-state index in [0.29, 0.717) is 29.4 Å². The fraction of sp³-hybridized carbons (Fsp3) is 0.414. The molecule has 2 atom stereocenters. The molecule has 0 saturated carbocycles. The van der Waals surface area contributed by atoms with Crippen molar-refractivity contribution in [1.82, 2.24) is 24.0 Å². The molecule has 1 fully saturated rings. The zero-order valence-electron chi connectivity index (χ0n) is 23.8. The molecule has 0 spiro atoms. The monoisotopic (exact) mass is 610 g/mol. The minimum Gasteiger partial charge on any atom is -0.497 e. The number of aromatic nitrogens is 4. The van der Waals surface area contributed by atoms with E-state index in [1.54, 1.807) is 44.6 Å². The van der Waals surface area contributed by atoms with Crippen LogP contribution < -0.4 is 18.5 Å². The van der Waals surface area contributed by atoms with Gasteiger partial charge in [0.05, 0.1) is 44.0 Å². The molecule has 0 amide bonds. The zero-order chi connectivity index (χ0) is 29.3. The van der Waals surface area contributed by atoms with Crippen LogP contribution in [0.4, 0.5) is 5.13 Å². The van der Waals surface area contributed by atoms with Gasteiger partial charge in [-0.25, -0.2) is 17.7 Å². The van der Waals surface area contributed by atoms with E-state index in [2.05, 4.69) is 25.4 Å². The van der Waals surface area contributed by atoms with Crippen LogP contribution in [0.5, 0.6) is 17.2 Å². The Morgan fingerprint density at radius 3 is 2.69 bits per heavy atom. The number of methoxy groups -OCH3 is 2. The number of likely N-dealkylation sites (tertiary alicyclic amines) is 1. The van der Waals surface area contributed by atoms with E-state index in [4.69, 9.17) is 14.2 Å². The van der Waals surface area contributed by atoms with Crippen LogP contribution in [0.25, 0.3) is 0 Å². The number of ether oxygens (including phenoxy) is 3. The molecule has 2 aromatic carbocycles. The quantitative estimate of drug-likeness (QED) is 0.265. The first kappa shape index (κ1) is 28.4. The van der Waals surface area contributed by atoms with Crippen LogP contribution in [0.1, 0.15) is 54.6 Å². The predicted molar refractivity (Wildman–Crippen MR) is 159 cm³/mol. The second kappa shape index (κ2) is 11.9. The van der Waals surface area contributed by atoms with Gasteiger partial charge in [0, 0.05) is 60.5 Å². The zero-order valence-corrected chi connectivity index (χ0v) is 25.5. The van der Waals surface area contributed by atoms with Gasteiger partial charge in [-0.1, -0.05) is 12.5 Å². The third kappa shape index (κ3) is 5.32. The summed E-state index contributed by atoms with van der Waals surface area (Å²) in [6.07, 6.45) is 7.39. The van der Waals surface area contributed by atoms with Crippen molar-refractivity contribution >= 4 is 26.7 Å². The summed E-state index contributed by atoms with van der Waals surface area (Å²) in [5.41, 5.74) is 2.87. The lowest BCUT2D eigenvalue weighted by Gasteiger charge is -2.43. The number of benzene rings is 2. The lowest BCUT2D eigenvalue weighted by molar-refractivity contribution is 0.0629. The minimum absolute atomic E-state index is 0.00538. The summed E-state index contributed by atoms with van der Waals surface area (Å²) in [5, 5.41) is 4.67. The molecule has 0 N–H and O–H groups in total. The average Bonchev–Trinajstić information content (AvgIpc) is 3.71. The highest BCUT2D eigenvalue weighted by atomic mass is 32.2. The number of anilines is 1. The molecular formula is C29H34N6O5S2. The smallest absolute Gasteiger partial charge is 0.266 e. The Balaban J connectivity index is 1.34. The van der Waals surface area contributed by atoms with Crippen molar-refractivity contribution in [3.63, 3.8) is 0 Å². The van der Waals surface area contributed by atoms with E-state index in [-0.39, 0.29) is 28.7 Å². The van der Waals surface area contributed by atoms with Gasteiger partial charge >= 0.3 is 0 Å². The minimum atomic E-state index is -4.04. The van der Waals surface area contributed by atoms with Gasteiger partial charge in [-0.05, 0) is 43.7 Å². The maximum Gasteiger partial charge on any atom is 0.266 e. The van der Waals surface area contributed by atoms with Gasteiger partial charge < -0.3 is 14.2 Å². The van der Waals surface area contributed by atoms with Crippen molar-refractivity contribution < 1.29 is 22.6 Å². The van der Waals surface area contributed by atoms with E-state index in [0.717, 1.165) is 42.9 Å². The summed E-state index contributed by atoms with van der Waals surface area (Å²) in [5.74, 6) is 1.72. The number of sulfonamides is 1. The van der Waals surface area contributed by atoms with Crippen molar-refractivity contribution in [2.45, 2.75) is 49.2 Å². The lowest BCUT2D eigenvalue weighted by atomic mass is 9.91. The summed E-state index contributed by atoms with van der Waals surface area (Å²) in [7, 11) is 1.06. The maximum atomic E-state index is 14.2. The molecule has 0 aliphatic carbocycles. The molecule has 4 heterocycles. The molecule has 1 saturated heterocycles. The Kier molecular flexibility index (Phi) is 8.06. The first-order valence-electron chi connectivity index (χ1n) is 13.9. The van der Waals surface area contributed by atoms with Crippen molar-refractivity contribution in [2.24, 2.45) is 7.05 Å². The van der Waals surface area contributed by atoms with Gasteiger partial charge in [0.15, 0.2) is 0 Å². The number of hydrogen-bond donors (Lipinski definition) is 0. The molecule has 1 unspecified atom stereocenters. The summed E-state index contributed by atoms with van der Waals surface area (Å²) in [6, 6.07) is 13.0. The molecule has 2 aliphatic heterocycles. The molecular weight excluding hydrogens is 576 g/mol. The van der Waals surface area contributed by atoms with Crippen LogP contribution in [0.2, 0.25) is 0 Å². The van der Waals surface area contributed by atoms with E-state index in [1.807, 2.05) is 24.0 Å². The first-order valence-corrected chi connectivity index (χ1v) is 16.1. The highest BCUT2D eigenvalue weighted by Crippen LogP contribution is 2.44. The third-order valence-corrected chi connectivity index (χ3v) is 10.6. The Bertz CT molecular complexity index is 1640. The summed E-state index contributed by atoms with van der Waals surface area (Å²) < 4.78 is 52.6. The fourth-order valence-electron chi connectivity index (χ4n) is 6.01. The van der Waals surface area contributed by atoms with Crippen molar-refractivity contribution in [3.05, 3.63) is 71.8 Å². The Morgan fingerprint density at radius 2 is 1.95 bits per heavy atom. The molecule has 2 aromatic heterocycles. The number of piperidine rings is 1. The number of hydrogen-bond acceptors (Lipinski definition) is 10. The molecule has 13 heteroatoms. The second-order valence-corrected chi connectivity index (χ2v) is 13.0. The van der Waals surface area contributed by atoms with Crippen molar-refractivity contribution in [1.29, 1.82) is 0 Å². The van der Waals surface area contributed by atoms with Crippen molar-refractivity contribution in [2.75, 3.05) is 31.7 Å². The topological polar surface area (TPSA) is 112 Å². The maximum absolute atomic E-state index is 14.2.